The molecule has 6 heteroatoms. The fraction of sp³-hybridized carbons (Fsp3) is 0.760. The summed E-state index contributed by atoms with van der Waals surface area (Å²) in [6, 6.07) is 0. The quantitative estimate of drug-likeness (QED) is 0.693. The van der Waals surface area contributed by atoms with Gasteiger partial charge in [-0.1, -0.05) is 38.8 Å². The molecule has 2 saturated carbocycles. The Kier molecular flexibility index (Phi) is 5.83. The summed E-state index contributed by atoms with van der Waals surface area (Å²) in [4.78, 5) is 25.1. The lowest BCUT2D eigenvalue weighted by Crippen LogP contribution is -2.64. The van der Waals surface area contributed by atoms with Gasteiger partial charge >= 0.3 is 0 Å². The van der Waals surface area contributed by atoms with E-state index in [0.29, 0.717) is 19.3 Å². The first-order chi connectivity index (χ1) is 14.6. The molecule has 3 fully saturated rings. The van der Waals surface area contributed by atoms with Crippen LogP contribution < -0.4 is 0 Å². The number of carbonyl (C=O) groups excluding carboxylic acids is 2. The molecule has 0 aromatic rings. The van der Waals surface area contributed by atoms with E-state index in [-0.39, 0.29) is 28.8 Å². The van der Waals surface area contributed by atoms with Crippen molar-refractivity contribution in [2.45, 2.75) is 90.3 Å². The molecule has 8 atom stereocenters. The van der Waals surface area contributed by atoms with Crippen molar-refractivity contribution < 1.29 is 29.3 Å². The highest BCUT2D eigenvalue weighted by Gasteiger charge is 2.67. The van der Waals surface area contributed by atoms with E-state index >= 15 is 0 Å². The molecule has 3 unspecified atom stereocenters. The summed E-state index contributed by atoms with van der Waals surface area (Å²) in [7, 11) is 0. The molecule has 172 valence electrons. The molecule has 4 rings (SSSR count). The summed E-state index contributed by atoms with van der Waals surface area (Å²) < 4.78 is 12.4. The van der Waals surface area contributed by atoms with Gasteiger partial charge < -0.3 is 19.7 Å². The van der Waals surface area contributed by atoms with Crippen molar-refractivity contribution in [2.75, 3.05) is 6.61 Å². The predicted octanol–water partition coefficient (Wildman–Crippen LogP) is 3.11. The molecular formula is C25H36O6. The number of aliphatic hydroxyl groups excluding tert-OH is 2. The van der Waals surface area contributed by atoms with Crippen LogP contribution in [-0.4, -0.2) is 52.5 Å². The molecule has 0 spiro atoms. The third-order valence-corrected chi connectivity index (χ3v) is 8.60. The first-order valence-electron chi connectivity index (χ1n) is 11.7. The molecule has 4 aliphatic rings. The summed E-state index contributed by atoms with van der Waals surface area (Å²) in [5.74, 6) is -0.188. The maximum Gasteiger partial charge on any atom is 0.193 e. The van der Waals surface area contributed by atoms with Gasteiger partial charge in [0.1, 0.15) is 6.61 Å². The maximum absolute atomic E-state index is 13.2. The highest BCUT2D eigenvalue weighted by atomic mass is 16.7. The fourth-order valence-electron chi connectivity index (χ4n) is 7.31. The number of Topliss-reactive ketones (excluding diaryl/α,β-unsaturated/α-hetero) is 1. The van der Waals surface area contributed by atoms with E-state index < -0.39 is 36.1 Å². The van der Waals surface area contributed by atoms with Crippen molar-refractivity contribution in [3.63, 3.8) is 0 Å². The van der Waals surface area contributed by atoms with Crippen LogP contribution in [0.15, 0.2) is 23.8 Å². The average molecular weight is 433 g/mol. The lowest BCUT2D eigenvalue weighted by Gasteiger charge is -2.59. The topological polar surface area (TPSA) is 93.1 Å². The summed E-state index contributed by atoms with van der Waals surface area (Å²) in [6.07, 6.45) is 8.00. The van der Waals surface area contributed by atoms with Crippen molar-refractivity contribution in [1.29, 1.82) is 0 Å². The number of aliphatic hydroxyl groups is 2. The minimum Gasteiger partial charge on any atom is -0.393 e. The number of hydrogen-bond donors (Lipinski definition) is 2. The molecule has 2 N–H and O–H groups in total. The van der Waals surface area contributed by atoms with Gasteiger partial charge in [0.2, 0.25) is 0 Å². The molecular weight excluding hydrogens is 396 g/mol. The Balaban J connectivity index is 1.70. The number of rotatable bonds is 5. The molecule has 31 heavy (non-hydrogen) atoms. The Hall–Kier alpha value is -1.34. The average Bonchev–Trinajstić information content (AvgIpc) is 3.05. The first-order valence-corrected chi connectivity index (χ1v) is 11.7. The van der Waals surface area contributed by atoms with E-state index in [2.05, 4.69) is 6.92 Å². The third-order valence-electron chi connectivity index (χ3n) is 8.60. The Morgan fingerprint density at radius 1 is 1.29 bits per heavy atom. The van der Waals surface area contributed by atoms with Crippen molar-refractivity contribution >= 4 is 11.6 Å². The predicted molar refractivity (Wildman–Crippen MR) is 115 cm³/mol. The zero-order valence-corrected chi connectivity index (χ0v) is 19.1. The van der Waals surface area contributed by atoms with Crippen molar-refractivity contribution in [3.05, 3.63) is 23.8 Å². The molecule has 1 heterocycles. The minimum atomic E-state index is -1.27. The Morgan fingerprint density at radius 2 is 2.03 bits per heavy atom. The second-order valence-corrected chi connectivity index (χ2v) is 10.5. The van der Waals surface area contributed by atoms with Crippen LogP contribution in [0, 0.1) is 22.7 Å². The van der Waals surface area contributed by atoms with E-state index in [0.717, 1.165) is 24.8 Å². The van der Waals surface area contributed by atoms with E-state index in [1.54, 1.807) is 12.2 Å². The molecule has 1 aliphatic heterocycles. The molecule has 6 nitrogen and oxygen atoms in total. The zero-order valence-electron chi connectivity index (χ0n) is 19.1. The molecule has 0 aromatic heterocycles. The van der Waals surface area contributed by atoms with Crippen LogP contribution in [0.4, 0.5) is 0 Å². The minimum absolute atomic E-state index is 0.0147. The van der Waals surface area contributed by atoms with Crippen LogP contribution in [0.1, 0.15) is 66.2 Å². The Morgan fingerprint density at radius 3 is 2.71 bits per heavy atom. The Labute approximate surface area is 184 Å². The summed E-state index contributed by atoms with van der Waals surface area (Å²) in [6.45, 7) is 7.42. The van der Waals surface area contributed by atoms with Gasteiger partial charge in [-0.3, -0.25) is 9.59 Å². The number of carbonyl (C=O) groups is 2. The molecule has 0 bridgehead atoms. The maximum atomic E-state index is 13.2. The smallest absolute Gasteiger partial charge is 0.193 e. The number of ketones is 2. The van der Waals surface area contributed by atoms with E-state index in [4.69, 9.17) is 9.47 Å². The molecule has 3 aliphatic carbocycles. The van der Waals surface area contributed by atoms with Gasteiger partial charge in [0, 0.05) is 16.7 Å². The van der Waals surface area contributed by atoms with Crippen molar-refractivity contribution in [2.24, 2.45) is 22.7 Å². The third kappa shape index (κ3) is 3.29. The molecule has 0 radical (unpaired) electrons. The van der Waals surface area contributed by atoms with E-state index in [9.17, 15) is 19.8 Å². The monoisotopic (exact) mass is 432 g/mol. The second-order valence-electron chi connectivity index (χ2n) is 10.5. The van der Waals surface area contributed by atoms with Gasteiger partial charge in [-0.15, -0.1) is 0 Å². The van der Waals surface area contributed by atoms with Crippen LogP contribution in [-0.2, 0) is 19.1 Å². The Bertz CT molecular complexity index is 817. The summed E-state index contributed by atoms with van der Waals surface area (Å²) in [5.41, 5.74) is -1.19. The van der Waals surface area contributed by atoms with Gasteiger partial charge in [-0.2, -0.15) is 0 Å². The van der Waals surface area contributed by atoms with Crippen LogP contribution in [0.2, 0.25) is 0 Å². The van der Waals surface area contributed by atoms with E-state index in [1.807, 2.05) is 26.8 Å². The largest absolute Gasteiger partial charge is 0.393 e. The lowest BCUT2D eigenvalue weighted by atomic mass is 9.47. The van der Waals surface area contributed by atoms with Crippen LogP contribution in [0.25, 0.3) is 0 Å². The van der Waals surface area contributed by atoms with Crippen LogP contribution in [0.5, 0.6) is 0 Å². The number of allylic oxidation sites excluding steroid dienone is 4. The molecule has 1 saturated heterocycles. The standard InChI is InChI=1S/C25H36O6/c1-5-6-21-30-15(2)25(31-21,20(29)14-26)23(3)12-16-7-8-17-11-18(27)9-10-24(17,4)22(16)19(28)13-23/h9-11,15-16,19,21-22,26,28H,5-8,12-14H2,1-4H3/t15-,16?,19+,21?,22?,23-,24+,25+/m1/s1. The van der Waals surface area contributed by atoms with Gasteiger partial charge in [0.05, 0.1) is 12.2 Å². The van der Waals surface area contributed by atoms with Crippen LogP contribution in [0.3, 0.4) is 0 Å². The van der Waals surface area contributed by atoms with Gasteiger partial charge in [-0.05, 0) is 57.1 Å². The lowest BCUT2D eigenvalue weighted by molar-refractivity contribution is -0.193. The first kappa shape index (κ1) is 22.8. The highest BCUT2D eigenvalue weighted by molar-refractivity contribution is 6.01. The van der Waals surface area contributed by atoms with Gasteiger partial charge in [0.25, 0.3) is 0 Å². The SMILES string of the molecule is CCCC1O[C@H](C)[C@](C(=O)CO)([C@]2(C)CC3CCC4=CC(=O)C=C[C@]4(C)C3[C@@H](O)C2)O1. The second kappa shape index (κ2) is 7.91. The van der Waals surface area contributed by atoms with Gasteiger partial charge in [0.15, 0.2) is 23.5 Å². The number of fused-ring (bicyclic) bond motifs is 3. The van der Waals surface area contributed by atoms with Crippen molar-refractivity contribution in [3.8, 4) is 0 Å². The van der Waals surface area contributed by atoms with Gasteiger partial charge in [-0.25, -0.2) is 0 Å². The molecule has 0 aromatic carbocycles. The highest BCUT2D eigenvalue weighted by Crippen LogP contribution is 2.62. The number of hydrogen-bond acceptors (Lipinski definition) is 6. The fourth-order valence-corrected chi connectivity index (χ4v) is 7.31. The van der Waals surface area contributed by atoms with Crippen LogP contribution >= 0.6 is 0 Å². The molecule has 0 amide bonds. The normalized spacial score (nSPS) is 47.0. The summed E-state index contributed by atoms with van der Waals surface area (Å²) >= 11 is 0. The summed E-state index contributed by atoms with van der Waals surface area (Å²) in [5, 5.41) is 21.3. The number of ether oxygens (including phenoxy) is 2. The van der Waals surface area contributed by atoms with E-state index in [1.165, 1.54) is 0 Å². The zero-order chi connectivity index (χ0) is 22.6. The van der Waals surface area contributed by atoms with Crippen molar-refractivity contribution in [1.82, 2.24) is 0 Å².